The van der Waals surface area contributed by atoms with Gasteiger partial charge in [0.25, 0.3) is 0 Å². The largest absolute Gasteiger partial charge is 0.385 e. The number of aliphatic hydroxyl groups is 1. The van der Waals surface area contributed by atoms with Crippen molar-refractivity contribution in [3.8, 4) is 0 Å². The molecule has 0 aliphatic carbocycles. The van der Waals surface area contributed by atoms with Gasteiger partial charge in [0.15, 0.2) is 0 Å². The zero-order valence-electron chi connectivity index (χ0n) is 8.97. The second-order valence-electron chi connectivity index (χ2n) is 3.65. The molecule has 0 heterocycles. The van der Waals surface area contributed by atoms with Crippen LogP contribution in [-0.2, 0) is 5.60 Å². The molecule has 0 aromatic heterocycles. The first-order chi connectivity index (χ1) is 6.55. The van der Waals surface area contributed by atoms with Crippen LogP contribution in [0.25, 0.3) is 0 Å². The molecule has 0 bridgehead atoms. The van der Waals surface area contributed by atoms with Gasteiger partial charge in [-0.3, -0.25) is 0 Å². The predicted octanol–water partition coefficient (Wildman–Crippen LogP) is 3.14. The first kappa shape index (κ1) is 11.2. The number of hydrogen-bond acceptors (Lipinski definition) is 1. The van der Waals surface area contributed by atoms with E-state index in [0.29, 0.717) is 24.0 Å². The molecule has 78 valence electrons. The van der Waals surface area contributed by atoms with E-state index in [0.717, 1.165) is 0 Å². The molecule has 1 rings (SSSR count). The number of benzene rings is 1. The lowest BCUT2D eigenvalue weighted by Crippen LogP contribution is -2.24. The number of halogens is 1. The Hall–Kier alpha value is -0.890. The van der Waals surface area contributed by atoms with Gasteiger partial charge in [0.2, 0.25) is 0 Å². The van der Waals surface area contributed by atoms with Crippen molar-refractivity contribution in [3.05, 3.63) is 35.1 Å². The Kier molecular flexibility index (Phi) is 3.27. The topological polar surface area (TPSA) is 20.2 Å². The van der Waals surface area contributed by atoms with Crippen LogP contribution in [0.4, 0.5) is 4.39 Å². The van der Waals surface area contributed by atoms with Crippen molar-refractivity contribution in [2.75, 3.05) is 0 Å². The first-order valence-corrected chi connectivity index (χ1v) is 5.03. The monoisotopic (exact) mass is 196 g/mol. The summed E-state index contributed by atoms with van der Waals surface area (Å²) >= 11 is 0. The zero-order valence-corrected chi connectivity index (χ0v) is 8.97. The highest BCUT2D eigenvalue weighted by molar-refractivity contribution is 5.32. The van der Waals surface area contributed by atoms with Gasteiger partial charge in [0.1, 0.15) is 5.82 Å². The molecular formula is C12H17FO. The summed E-state index contributed by atoms with van der Waals surface area (Å²) in [6.07, 6.45) is 1.21. The van der Waals surface area contributed by atoms with Gasteiger partial charge in [-0.05, 0) is 37.0 Å². The molecular weight excluding hydrogens is 179 g/mol. The molecule has 0 radical (unpaired) electrons. The Balaban J connectivity index is 3.24. The summed E-state index contributed by atoms with van der Waals surface area (Å²) in [5, 5.41) is 10.2. The minimum absolute atomic E-state index is 0.247. The van der Waals surface area contributed by atoms with Gasteiger partial charge in [-0.2, -0.15) is 0 Å². The van der Waals surface area contributed by atoms with E-state index in [1.807, 2.05) is 13.8 Å². The molecule has 14 heavy (non-hydrogen) atoms. The summed E-state index contributed by atoms with van der Waals surface area (Å²) < 4.78 is 13.3. The maximum atomic E-state index is 13.3. The van der Waals surface area contributed by atoms with Crippen LogP contribution >= 0.6 is 0 Å². The molecule has 0 atom stereocenters. The van der Waals surface area contributed by atoms with Crippen LogP contribution in [0.15, 0.2) is 18.2 Å². The third-order valence-electron chi connectivity index (χ3n) is 2.94. The van der Waals surface area contributed by atoms with E-state index in [2.05, 4.69) is 0 Å². The molecule has 0 aliphatic heterocycles. The molecule has 1 aromatic carbocycles. The van der Waals surface area contributed by atoms with Gasteiger partial charge in [-0.1, -0.05) is 26.0 Å². The lowest BCUT2D eigenvalue weighted by Gasteiger charge is -2.27. The quantitative estimate of drug-likeness (QED) is 0.787. The highest BCUT2D eigenvalue weighted by atomic mass is 19.1. The molecule has 0 saturated heterocycles. The molecule has 1 aromatic rings. The molecule has 2 heteroatoms. The molecule has 0 saturated carbocycles. The van der Waals surface area contributed by atoms with Crippen LogP contribution < -0.4 is 0 Å². The fourth-order valence-corrected chi connectivity index (χ4v) is 1.74. The van der Waals surface area contributed by atoms with Gasteiger partial charge in [0.05, 0.1) is 5.60 Å². The fraction of sp³-hybridized carbons (Fsp3) is 0.500. The van der Waals surface area contributed by atoms with E-state index in [1.54, 1.807) is 19.1 Å². The van der Waals surface area contributed by atoms with Gasteiger partial charge in [0, 0.05) is 0 Å². The lowest BCUT2D eigenvalue weighted by molar-refractivity contribution is 0.0274. The molecule has 0 unspecified atom stereocenters. The van der Waals surface area contributed by atoms with Crippen molar-refractivity contribution >= 4 is 0 Å². The Bertz CT molecular complexity index is 316. The second kappa shape index (κ2) is 4.09. The highest BCUT2D eigenvalue weighted by Gasteiger charge is 2.27. The van der Waals surface area contributed by atoms with Crippen molar-refractivity contribution in [1.82, 2.24) is 0 Å². The average molecular weight is 196 g/mol. The molecule has 1 nitrogen and oxygen atoms in total. The van der Waals surface area contributed by atoms with E-state index in [4.69, 9.17) is 0 Å². The summed E-state index contributed by atoms with van der Waals surface area (Å²) in [6, 6.07) is 4.87. The zero-order chi connectivity index (χ0) is 10.8. The lowest BCUT2D eigenvalue weighted by atomic mass is 9.86. The van der Waals surface area contributed by atoms with Crippen molar-refractivity contribution in [3.63, 3.8) is 0 Å². The normalized spacial score (nSPS) is 11.8. The molecule has 0 aliphatic rings. The Morgan fingerprint density at radius 1 is 1.29 bits per heavy atom. The van der Waals surface area contributed by atoms with E-state index >= 15 is 0 Å². The summed E-state index contributed by atoms with van der Waals surface area (Å²) in [7, 11) is 0. The van der Waals surface area contributed by atoms with Gasteiger partial charge in [-0.25, -0.2) is 4.39 Å². The van der Waals surface area contributed by atoms with E-state index in [1.165, 1.54) is 6.07 Å². The molecule has 1 N–H and O–H groups in total. The van der Waals surface area contributed by atoms with Crippen LogP contribution in [0.2, 0.25) is 0 Å². The maximum Gasteiger partial charge on any atom is 0.126 e. The molecule has 0 amide bonds. The Morgan fingerprint density at radius 2 is 1.86 bits per heavy atom. The summed E-state index contributed by atoms with van der Waals surface area (Å²) in [5.74, 6) is -0.247. The standard InChI is InChI=1S/C12H17FO/c1-4-12(14,5-2)10-7-6-8-11(13)9(10)3/h6-8,14H,4-5H2,1-3H3. The summed E-state index contributed by atoms with van der Waals surface area (Å²) in [4.78, 5) is 0. The van der Waals surface area contributed by atoms with Crippen LogP contribution in [0.3, 0.4) is 0 Å². The van der Waals surface area contributed by atoms with Gasteiger partial charge < -0.3 is 5.11 Å². The third-order valence-corrected chi connectivity index (χ3v) is 2.94. The molecule has 0 spiro atoms. The van der Waals surface area contributed by atoms with Crippen molar-refractivity contribution in [1.29, 1.82) is 0 Å². The first-order valence-electron chi connectivity index (χ1n) is 5.03. The van der Waals surface area contributed by atoms with Gasteiger partial charge >= 0.3 is 0 Å². The van der Waals surface area contributed by atoms with Crippen molar-refractivity contribution in [2.24, 2.45) is 0 Å². The SMILES string of the molecule is CCC(O)(CC)c1cccc(F)c1C. The molecule has 0 fully saturated rings. The highest BCUT2D eigenvalue weighted by Crippen LogP contribution is 2.31. The number of hydrogen-bond donors (Lipinski definition) is 1. The van der Waals surface area contributed by atoms with E-state index in [-0.39, 0.29) is 5.82 Å². The van der Waals surface area contributed by atoms with E-state index in [9.17, 15) is 9.50 Å². The summed E-state index contributed by atoms with van der Waals surface area (Å²) in [6.45, 7) is 5.53. The fourth-order valence-electron chi connectivity index (χ4n) is 1.74. The Morgan fingerprint density at radius 3 is 2.36 bits per heavy atom. The van der Waals surface area contributed by atoms with Crippen molar-refractivity contribution in [2.45, 2.75) is 39.2 Å². The number of rotatable bonds is 3. The third kappa shape index (κ3) is 1.80. The van der Waals surface area contributed by atoms with Crippen molar-refractivity contribution < 1.29 is 9.50 Å². The minimum Gasteiger partial charge on any atom is -0.385 e. The van der Waals surface area contributed by atoms with Crippen LogP contribution in [0, 0.1) is 12.7 Å². The average Bonchev–Trinajstić information content (AvgIpc) is 2.21. The maximum absolute atomic E-state index is 13.3. The second-order valence-corrected chi connectivity index (χ2v) is 3.65. The Labute approximate surface area is 84.6 Å². The smallest absolute Gasteiger partial charge is 0.126 e. The van der Waals surface area contributed by atoms with Gasteiger partial charge in [-0.15, -0.1) is 0 Å². The minimum atomic E-state index is -0.883. The van der Waals surface area contributed by atoms with Crippen LogP contribution in [0.5, 0.6) is 0 Å². The van der Waals surface area contributed by atoms with Crippen LogP contribution in [0.1, 0.15) is 37.8 Å². The summed E-state index contributed by atoms with van der Waals surface area (Å²) in [5.41, 5.74) is 0.382. The van der Waals surface area contributed by atoms with E-state index < -0.39 is 5.60 Å². The predicted molar refractivity (Wildman–Crippen MR) is 55.6 cm³/mol. The van der Waals surface area contributed by atoms with Crippen LogP contribution in [-0.4, -0.2) is 5.11 Å².